The molecule has 0 aliphatic carbocycles. The lowest BCUT2D eigenvalue weighted by Gasteiger charge is -2.12. The Hall–Kier alpha value is -2.36. The number of nitrogens with one attached hydrogen (secondary N) is 2. The predicted molar refractivity (Wildman–Crippen MR) is 87.3 cm³/mol. The quantitative estimate of drug-likeness (QED) is 0.856. The molecule has 2 N–H and O–H groups in total. The van der Waals surface area contributed by atoms with Gasteiger partial charge in [0.25, 0.3) is 0 Å². The molecule has 0 atom stereocenters. The smallest absolute Gasteiger partial charge is 0.222 e. The topological polar surface area (TPSA) is 41.1 Å². The molecule has 22 heavy (non-hydrogen) atoms. The molecule has 0 spiro atoms. The predicted octanol–water partition coefficient (Wildman–Crippen LogP) is 3.56. The van der Waals surface area contributed by atoms with Crippen LogP contribution in [0.1, 0.15) is 23.1 Å². The van der Waals surface area contributed by atoms with Crippen LogP contribution in [0.5, 0.6) is 0 Å². The Kier molecular flexibility index (Phi) is 5.53. The molecule has 0 radical (unpaired) electrons. The number of amides is 1. The highest BCUT2D eigenvalue weighted by molar-refractivity contribution is 5.76. The van der Waals surface area contributed by atoms with Crippen LogP contribution in [0.25, 0.3) is 0 Å². The van der Waals surface area contributed by atoms with Crippen molar-refractivity contribution in [3.63, 3.8) is 0 Å². The molecule has 0 heterocycles. The first-order chi connectivity index (χ1) is 10.6. The van der Waals surface area contributed by atoms with Gasteiger partial charge in [0.15, 0.2) is 0 Å². The average molecular weight is 300 g/mol. The maximum absolute atomic E-state index is 12.8. The van der Waals surface area contributed by atoms with Crippen LogP contribution in [-0.2, 0) is 11.3 Å². The van der Waals surface area contributed by atoms with E-state index in [1.807, 2.05) is 32.0 Å². The highest BCUT2D eigenvalue weighted by Crippen LogP contribution is 2.19. The number of rotatable bonds is 6. The van der Waals surface area contributed by atoms with Gasteiger partial charge < -0.3 is 10.6 Å². The zero-order valence-electron chi connectivity index (χ0n) is 12.9. The molecule has 0 aliphatic rings. The maximum atomic E-state index is 12.8. The average Bonchev–Trinajstić information content (AvgIpc) is 2.50. The molecule has 4 heteroatoms. The van der Waals surface area contributed by atoms with Gasteiger partial charge in [-0.25, -0.2) is 4.39 Å². The molecular weight excluding hydrogens is 279 g/mol. The third-order valence-electron chi connectivity index (χ3n) is 3.54. The second-order valence-corrected chi connectivity index (χ2v) is 5.35. The summed E-state index contributed by atoms with van der Waals surface area (Å²) in [6.07, 6.45) is 0.398. The third-order valence-corrected chi connectivity index (χ3v) is 3.54. The van der Waals surface area contributed by atoms with E-state index in [2.05, 4.69) is 10.6 Å². The number of carbonyl (C=O) groups excluding carboxylic acids is 1. The fourth-order valence-corrected chi connectivity index (χ4v) is 2.29. The molecule has 0 saturated carbocycles. The highest BCUT2D eigenvalue weighted by atomic mass is 19.1. The van der Waals surface area contributed by atoms with Crippen molar-refractivity contribution in [3.8, 4) is 0 Å². The van der Waals surface area contributed by atoms with Gasteiger partial charge in [-0.1, -0.05) is 30.3 Å². The molecule has 0 fully saturated rings. The first-order valence-corrected chi connectivity index (χ1v) is 7.37. The molecule has 0 saturated heterocycles. The Balaban J connectivity index is 1.75. The molecule has 2 aromatic carbocycles. The summed E-state index contributed by atoms with van der Waals surface area (Å²) in [5.41, 5.74) is 4.32. The fourth-order valence-electron chi connectivity index (χ4n) is 2.29. The molecule has 0 unspecified atom stereocenters. The zero-order chi connectivity index (χ0) is 15.9. The van der Waals surface area contributed by atoms with Gasteiger partial charge in [0.05, 0.1) is 0 Å². The van der Waals surface area contributed by atoms with Gasteiger partial charge in [0.1, 0.15) is 5.82 Å². The fraction of sp³-hybridized carbons (Fsp3) is 0.278. The number of carbonyl (C=O) groups is 1. The van der Waals surface area contributed by atoms with Crippen LogP contribution in [0, 0.1) is 19.7 Å². The van der Waals surface area contributed by atoms with E-state index in [9.17, 15) is 9.18 Å². The van der Waals surface area contributed by atoms with Crippen LogP contribution >= 0.6 is 0 Å². The number of halogens is 1. The highest BCUT2D eigenvalue weighted by Gasteiger charge is 2.04. The molecule has 1 amide bonds. The summed E-state index contributed by atoms with van der Waals surface area (Å²) in [6, 6.07) is 12.2. The Morgan fingerprint density at radius 3 is 2.32 bits per heavy atom. The third kappa shape index (κ3) is 4.58. The summed E-state index contributed by atoms with van der Waals surface area (Å²) in [4.78, 5) is 11.8. The van der Waals surface area contributed by atoms with Crippen LogP contribution in [0.2, 0.25) is 0 Å². The molecule has 2 aromatic rings. The van der Waals surface area contributed by atoms with Crippen LogP contribution in [0.4, 0.5) is 10.1 Å². The number of benzene rings is 2. The van der Waals surface area contributed by atoms with Crippen molar-refractivity contribution in [1.82, 2.24) is 5.32 Å². The van der Waals surface area contributed by atoms with Crippen LogP contribution in [-0.4, -0.2) is 12.5 Å². The summed E-state index contributed by atoms with van der Waals surface area (Å²) >= 11 is 0. The van der Waals surface area contributed by atoms with Crippen LogP contribution in [0.3, 0.4) is 0 Å². The van der Waals surface area contributed by atoms with E-state index < -0.39 is 0 Å². The molecule has 116 valence electrons. The lowest BCUT2D eigenvalue weighted by Crippen LogP contribution is -2.25. The van der Waals surface area contributed by atoms with Gasteiger partial charge in [0.2, 0.25) is 5.91 Å². The number of para-hydroxylation sites is 1. The van der Waals surface area contributed by atoms with Crippen molar-refractivity contribution >= 4 is 11.6 Å². The lowest BCUT2D eigenvalue weighted by atomic mass is 10.1. The Morgan fingerprint density at radius 2 is 1.68 bits per heavy atom. The summed E-state index contributed by atoms with van der Waals surface area (Å²) < 4.78 is 12.8. The van der Waals surface area contributed by atoms with E-state index in [1.54, 1.807) is 12.1 Å². The first kappa shape index (κ1) is 16.0. The van der Waals surface area contributed by atoms with Gasteiger partial charge in [-0.3, -0.25) is 4.79 Å². The molecule has 0 aromatic heterocycles. The van der Waals surface area contributed by atoms with E-state index in [-0.39, 0.29) is 11.7 Å². The van der Waals surface area contributed by atoms with Crippen molar-refractivity contribution in [1.29, 1.82) is 0 Å². The minimum atomic E-state index is -0.270. The first-order valence-electron chi connectivity index (χ1n) is 7.37. The molecule has 2 rings (SSSR count). The van der Waals surface area contributed by atoms with Crippen LogP contribution < -0.4 is 10.6 Å². The Labute approximate surface area is 130 Å². The van der Waals surface area contributed by atoms with E-state index in [0.717, 1.165) is 11.3 Å². The van der Waals surface area contributed by atoms with Gasteiger partial charge in [-0.05, 0) is 42.7 Å². The molecule has 0 bridgehead atoms. The largest absolute Gasteiger partial charge is 0.384 e. The standard InChI is InChI=1S/C18H21FN2O/c1-13-4-3-5-14(2)18(13)20-11-10-17(22)21-12-15-6-8-16(19)9-7-15/h3-9,20H,10-12H2,1-2H3,(H,21,22). The molecular formula is C18H21FN2O. The van der Waals surface area contributed by atoms with Gasteiger partial charge in [-0.15, -0.1) is 0 Å². The summed E-state index contributed by atoms with van der Waals surface area (Å²) in [6.45, 7) is 5.09. The zero-order valence-corrected chi connectivity index (χ0v) is 12.9. The van der Waals surface area contributed by atoms with Crippen molar-refractivity contribution in [2.75, 3.05) is 11.9 Å². The Morgan fingerprint density at radius 1 is 1.05 bits per heavy atom. The van der Waals surface area contributed by atoms with Crippen molar-refractivity contribution in [3.05, 3.63) is 65.0 Å². The minimum absolute atomic E-state index is 0.0249. The van der Waals surface area contributed by atoms with Crippen LogP contribution in [0.15, 0.2) is 42.5 Å². The monoisotopic (exact) mass is 300 g/mol. The number of anilines is 1. The Bertz CT molecular complexity index is 618. The van der Waals surface area contributed by atoms with Gasteiger partial charge >= 0.3 is 0 Å². The van der Waals surface area contributed by atoms with E-state index in [1.165, 1.54) is 23.3 Å². The molecule has 0 aliphatic heterocycles. The second-order valence-electron chi connectivity index (χ2n) is 5.35. The number of hydrogen-bond donors (Lipinski definition) is 2. The maximum Gasteiger partial charge on any atom is 0.222 e. The number of aryl methyl sites for hydroxylation is 2. The van der Waals surface area contributed by atoms with Crippen molar-refractivity contribution < 1.29 is 9.18 Å². The van der Waals surface area contributed by atoms with E-state index in [4.69, 9.17) is 0 Å². The normalized spacial score (nSPS) is 10.3. The summed E-state index contributed by atoms with van der Waals surface area (Å²) in [5.74, 6) is -0.295. The van der Waals surface area contributed by atoms with E-state index >= 15 is 0 Å². The molecule has 3 nitrogen and oxygen atoms in total. The minimum Gasteiger partial charge on any atom is -0.384 e. The van der Waals surface area contributed by atoms with E-state index in [0.29, 0.717) is 19.5 Å². The number of hydrogen-bond acceptors (Lipinski definition) is 2. The van der Waals surface area contributed by atoms with Crippen molar-refractivity contribution in [2.24, 2.45) is 0 Å². The van der Waals surface area contributed by atoms with Gasteiger partial charge in [0, 0.05) is 25.2 Å². The second kappa shape index (κ2) is 7.59. The lowest BCUT2D eigenvalue weighted by molar-refractivity contribution is -0.121. The summed E-state index contributed by atoms with van der Waals surface area (Å²) in [7, 11) is 0. The van der Waals surface area contributed by atoms with Gasteiger partial charge in [-0.2, -0.15) is 0 Å². The van der Waals surface area contributed by atoms with Crippen molar-refractivity contribution in [2.45, 2.75) is 26.8 Å². The summed E-state index contributed by atoms with van der Waals surface area (Å²) in [5, 5.41) is 6.14. The SMILES string of the molecule is Cc1cccc(C)c1NCCC(=O)NCc1ccc(F)cc1.